The zero-order valence-corrected chi connectivity index (χ0v) is 16.5. The summed E-state index contributed by atoms with van der Waals surface area (Å²) in [6.45, 7) is 1.32. The number of ether oxygens (including phenoxy) is 1. The smallest absolute Gasteiger partial charge is 0.260 e. The second kappa shape index (κ2) is 7.94. The van der Waals surface area contributed by atoms with Crippen LogP contribution in [0.5, 0.6) is 5.88 Å². The lowest BCUT2D eigenvalue weighted by atomic mass is 9.96. The summed E-state index contributed by atoms with van der Waals surface area (Å²) >= 11 is 0. The number of nitrogens with one attached hydrogen (secondary N) is 2. The van der Waals surface area contributed by atoms with Gasteiger partial charge in [0.2, 0.25) is 11.8 Å². The van der Waals surface area contributed by atoms with Crippen molar-refractivity contribution in [3.05, 3.63) is 41.9 Å². The van der Waals surface area contributed by atoms with Gasteiger partial charge in [0.15, 0.2) is 0 Å². The largest absolute Gasteiger partial charge is 0.479 e. The Bertz CT molecular complexity index is 1010. The van der Waals surface area contributed by atoms with Gasteiger partial charge in [-0.1, -0.05) is 12.1 Å². The van der Waals surface area contributed by atoms with Gasteiger partial charge in [0.1, 0.15) is 11.4 Å². The van der Waals surface area contributed by atoms with Crippen molar-refractivity contribution in [1.82, 2.24) is 30.0 Å². The van der Waals surface area contributed by atoms with Gasteiger partial charge in [-0.15, -0.1) is 5.10 Å². The Morgan fingerprint density at radius 1 is 1.34 bits per heavy atom. The molecule has 0 spiro atoms. The predicted molar refractivity (Wildman–Crippen MR) is 106 cm³/mol. The standard InChI is InChI=1S/C20H24N6O3/c1-25-12-14(19(24-25)29-2)20(28)26-9-5-6-13(11-26)18(27)21-10-17-22-15-7-3-4-8-16(15)23-17/h3-4,7-8,12-13H,5-6,9-11H2,1-2H3,(H,21,27)(H,22,23)/t13-/m0/s1. The molecule has 0 aliphatic carbocycles. The van der Waals surface area contributed by atoms with Crippen LogP contribution in [0, 0.1) is 5.92 Å². The summed E-state index contributed by atoms with van der Waals surface area (Å²) < 4.78 is 6.74. The SMILES string of the molecule is COc1nn(C)cc1C(=O)N1CCC[C@H](C(=O)NCc2nc3ccccc3[nH]2)C1. The van der Waals surface area contributed by atoms with Crippen LogP contribution in [0.4, 0.5) is 0 Å². The van der Waals surface area contributed by atoms with Crippen LogP contribution in [-0.2, 0) is 18.4 Å². The van der Waals surface area contributed by atoms with Crippen molar-refractivity contribution in [2.24, 2.45) is 13.0 Å². The fourth-order valence-electron chi connectivity index (χ4n) is 3.72. The number of carbonyl (C=O) groups is 2. The van der Waals surface area contributed by atoms with E-state index in [1.807, 2.05) is 24.3 Å². The normalized spacial score (nSPS) is 16.8. The topological polar surface area (TPSA) is 105 Å². The molecule has 2 N–H and O–H groups in total. The number of fused-ring (bicyclic) bond motifs is 1. The van der Waals surface area contributed by atoms with Crippen molar-refractivity contribution in [2.45, 2.75) is 19.4 Å². The van der Waals surface area contributed by atoms with E-state index in [0.29, 0.717) is 36.9 Å². The molecule has 3 heterocycles. The highest BCUT2D eigenvalue weighted by Crippen LogP contribution is 2.23. The quantitative estimate of drug-likeness (QED) is 0.680. The minimum absolute atomic E-state index is 0.0684. The number of para-hydroxylation sites is 2. The fourth-order valence-corrected chi connectivity index (χ4v) is 3.72. The van der Waals surface area contributed by atoms with Gasteiger partial charge in [0, 0.05) is 26.3 Å². The van der Waals surface area contributed by atoms with Gasteiger partial charge in [-0.05, 0) is 25.0 Å². The van der Waals surface area contributed by atoms with E-state index in [2.05, 4.69) is 20.4 Å². The molecule has 1 aliphatic rings. The molecule has 2 amide bonds. The average Bonchev–Trinajstić information content (AvgIpc) is 3.34. The lowest BCUT2D eigenvalue weighted by molar-refractivity contribution is -0.126. The van der Waals surface area contributed by atoms with Crippen molar-refractivity contribution in [1.29, 1.82) is 0 Å². The number of carbonyl (C=O) groups excluding carboxylic acids is 2. The van der Waals surface area contributed by atoms with Gasteiger partial charge in [-0.2, -0.15) is 0 Å². The maximum Gasteiger partial charge on any atom is 0.260 e. The Labute approximate surface area is 168 Å². The van der Waals surface area contributed by atoms with E-state index in [9.17, 15) is 9.59 Å². The van der Waals surface area contributed by atoms with E-state index >= 15 is 0 Å². The van der Waals surface area contributed by atoms with E-state index in [4.69, 9.17) is 4.74 Å². The molecular formula is C20H24N6O3. The highest BCUT2D eigenvalue weighted by molar-refractivity contribution is 5.96. The van der Waals surface area contributed by atoms with E-state index in [0.717, 1.165) is 23.9 Å². The van der Waals surface area contributed by atoms with Crippen LogP contribution < -0.4 is 10.1 Å². The van der Waals surface area contributed by atoms with Crippen LogP contribution in [-0.4, -0.2) is 56.7 Å². The zero-order valence-electron chi connectivity index (χ0n) is 16.5. The number of amides is 2. The molecule has 1 atom stereocenters. The highest BCUT2D eigenvalue weighted by Gasteiger charge is 2.31. The monoisotopic (exact) mass is 396 g/mol. The minimum atomic E-state index is -0.250. The molecule has 3 aromatic rings. The molecule has 1 aliphatic heterocycles. The number of H-pyrrole nitrogens is 1. The third-order valence-corrected chi connectivity index (χ3v) is 5.17. The summed E-state index contributed by atoms with van der Waals surface area (Å²) in [5.74, 6) is 0.530. The van der Waals surface area contributed by atoms with Crippen molar-refractivity contribution in [3.8, 4) is 5.88 Å². The summed E-state index contributed by atoms with van der Waals surface area (Å²) in [6, 6.07) is 7.74. The number of hydrogen-bond acceptors (Lipinski definition) is 5. The Kier molecular flexibility index (Phi) is 5.20. The first kappa shape index (κ1) is 19.0. The Morgan fingerprint density at radius 2 is 2.17 bits per heavy atom. The molecule has 0 radical (unpaired) electrons. The lowest BCUT2D eigenvalue weighted by Crippen LogP contribution is -2.45. The number of hydrogen-bond donors (Lipinski definition) is 2. The Balaban J connectivity index is 1.38. The number of rotatable bonds is 5. The first-order valence-electron chi connectivity index (χ1n) is 9.63. The number of aryl methyl sites for hydroxylation is 1. The molecule has 1 aromatic carbocycles. The number of likely N-dealkylation sites (tertiary alicyclic amines) is 1. The van der Waals surface area contributed by atoms with Gasteiger partial charge in [0.05, 0.1) is 30.6 Å². The highest BCUT2D eigenvalue weighted by atomic mass is 16.5. The summed E-state index contributed by atoms with van der Waals surface area (Å²) in [5, 5.41) is 7.08. The molecule has 152 valence electrons. The van der Waals surface area contributed by atoms with Crippen molar-refractivity contribution in [3.63, 3.8) is 0 Å². The maximum atomic E-state index is 12.9. The van der Waals surface area contributed by atoms with Crippen LogP contribution >= 0.6 is 0 Å². The van der Waals surface area contributed by atoms with Crippen LogP contribution in [0.3, 0.4) is 0 Å². The van der Waals surface area contributed by atoms with Gasteiger partial charge in [-0.25, -0.2) is 4.98 Å². The minimum Gasteiger partial charge on any atom is -0.479 e. The second-order valence-electron chi connectivity index (χ2n) is 7.23. The maximum absolute atomic E-state index is 12.9. The number of aromatic nitrogens is 4. The molecule has 1 fully saturated rings. The molecule has 9 nitrogen and oxygen atoms in total. The number of aromatic amines is 1. The first-order valence-corrected chi connectivity index (χ1v) is 9.63. The molecule has 2 aromatic heterocycles. The predicted octanol–water partition coefficient (Wildman–Crippen LogP) is 1.47. The zero-order chi connectivity index (χ0) is 20.4. The Hall–Kier alpha value is -3.36. The molecule has 9 heteroatoms. The summed E-state index contributed by atoms with van der Waals surface area (Å²) in [4.78, 5) is 35.0. The Morgan fingerprint density at radius 3 is 2.97 bits per heavy atom. The average molecular weight is 396 g/mol. The third kappa shape index (κ3) is 3.94. The second-order valence-corrected chi connectivity index (χ2v) is 7.23. The van der Waals surface area contributed by atoms with Gasteiger partial charge < -0.3 is 19.9 Å². The van der Waals surface area contributed by atoms with Gasteiger partial charge in [0.25, 0.3) is 5.91 Å². The number of piperidine rings is 1. The fraction of sp³-hybridized carbons (Fsp3) is 0.400. The van der Waals surface area contributed by atoms with Gasteiger partial charge in [-0.3, -0.25) is 14.3 Å². The lowest BCUT2D eigenvalue weighted by Gasteiger charge is -2.31. The van der Waals surface area contributed by atoms with Crippen LogP contribution in [0.15, 0.2) is 30.5 Å². The summed E-state index contributed by atoms with van der Waals surface area (Å²) in [7, 11) is 3.23. The van der Waals surface area contributed by atoms with Crippen molar-refractivity contribution in [2.75, 3.05) is 20.2 Å². The summed E-state index contributed by atoms with van der Waals surface area (Å²) in [5.41, 5.74) is 2.23. The molecule has 29 heavy (non-hydrogen) atoms. The summed E-state index contributed by atoms with van der Waals surface area (Å²) in [6.07, 6.45) is 3.17. The van der Waals surface area contributed by atoms with E-state index in [1.165, 1.54) is 7.11 Å². The molecule has 1 saturated heterocycles. The molecule has 0 saturated carbocycles. The van der Waals surface area contributed by atoms with Crippen LogP contribution in [0.25, 0.3) is 11.0 Å². The first-order chi connectivity index (χ1) is 14.0. The number of benzene rings is 1. The van der Waals surface area contributed by atoms with E-state index in [1.54, 1.807) is 22.8 Å². The van der Waals surface area contributed by atoms with Gasteiger partial charge >= 0.3 is 0 Å². The van der Waals surface area contributed by atoms with Crippen molar-refractivity contribution >= 4 is 22.8 Å². The van der Waals surface area contributed by atoms with E-state index < -0.39 is 0 Å². The number of nitrogens with zero attached hydrogens (tertiary/aromatic N) is 4. The molecular weight excluding hydrogens is 372 g/mol. The third-order valence-electron chi connectivity index (χ3n) is 5.17. The van der Waals surface area contributed by atoms with E-state index in [-0.39, 0.29) is 17.7 Å². The molecule has 4 rings (SSSR count). The molecule has 0 unspecified atom stereocenters. The van der Waals surface area contributed by atoms with Crippen LogP contribution in [0.2, 0.25) is 0 Å². The number of methoxy groups -OCH3 is 1. The molecule has 0 bridgehead atoms. The van der Waals surface area contributed by atoms with Crippen molar-refractivity contribution < 1.29 is 14.3 Å². The van der Waals surface area contributed by atoms with Crippen LogP contribution in [0.1, 0.15) is 29.0 Å². The number of imidazole rings is 1.